The Hall–Kier alpha value is -2.33. The molecule has 2 aromatic rings. The van der Waals surface area contributed by atoms with Crippen LogP contribution in [-0.4, -0.2) is 28.8 Å². The normalized spacial score (nSPS) is 11.9. The predicted octanol–water partition coefficient (Wildman–Crippen LogP) is 3.82. The zero-order valence-electron chi connectivity index (χ0n) is 15.4. The lowest BCUT2D eigenvalue weighted by atomic mass is 10.1. The lowest BCUT2D eigenvalue weighted by Crippen LogP contribution is -2.49. The summed E-state index contributed by atoms with van der Waals surface area (Å²) >= 11 is 6.02. The van der Waals surface area contributed by atoms with Gasteiger partial charge in [-0.15, -0.1) is 0 Å². The molecule has 4 nitrogen and oxygen atoms in total. The average molecular weight is 373 g/mol. The topological polar surface area (TPSA) is 49.4 Å². The van der Waals surface area contributed by atoms with Crippen molar-refractivity contribution in [2.24, 2.45) is 0 Å². The quantitative estimate of drug-likeness (QED) is 0.803. The first-order chi connectivity index (χ1) is 12.4. The molecule has 0 bridgehead atoms. The molecule has 0 saturated carbocycles. The lowest BCUT2D eigenvalue weighted by molar-refractivity contribution is -0.140. The standard InChI is InChI=1S/C21H25ClN2O2/c1-15(2)23-21(26)16(3)24(14-17-8-5-4-6-9-17)20(25)13-18-10-7-11-19(22)12-18/h4-12,15-16H,13-14H2,1-3H3,(H,23,26)/t16-/m0/s1. The van der Waals surface area contributed by atoms with Gasteiger partial charge in [0.25, 0.3) is 0 Å². The molecule has 2 aromatic carbocycles. The van der Waals surface area contributed by atoms with Crippen LogP contribution in [0.1, 0.15) is 31.9 Å². The van der Waals surface area contributed by atoms with Crippen LogP contribution in [0.5, 0.6) is 0 Å². The molecular formula is C21H25ClN2O2. The summed E-state index contributed by atoms with van der Waals surface area (Å²) in [5, 5.41) is 3.48. The van der Waals surface area contributed by atoms with Gasteiger partial charge < -0.3 is 10.2 Å². The highest BCUT2D eigenvalue weighted by atomic mass is 35.5. The number of carbonyl (C=O) groups is 2. The van der Waals surface area contributed by atoms with Crippen molar-refractivity contribution in [1.82, 2.24) is 10.2 Å². The molecule has 0 heterocycles. The number of amides is 2. The van der Waals surface area contributed by atoms with E-state index in [-0.39, 0.29) is 24.3 Å². The van der Waals surface area contributed by atoms with E-state index in [0.29, 0.717) is 11.6 Å². The first kappa shape index (κ1) is 20.0. The van der Waals surface area contributed by atoms with Crippen molar-refractivity contribution in [3.63, 3.8) is 0 Å². The summed E-state index contributed by atoms with van der Waals surface area (Å²) in [6.07, 6.45) is 0.201. The fourth-order valence-electron chi connectivity index (χ4n) is 2.69. The van der Waals surface area contributed by atoms with Crippen LogP contribution < -0.4 is 5.32 Å². The Labute approximate surface area is 160 Å². The Bertz CT molecular complexity index is 747. The van der Waals surface area contributed by atoms with Crippen LogP contribution in [0.4, 0.5) is 0 Å². The van der Waals surface area contributed by atoms with Crippen molar-refractivity contribution < 1.29 is 9.59 Å². The zero-order valence-corrected chi connectivity index (χ0v) is 16.2. The van der Waals surface area contributed by atoms with E-state index >= 15 is 0 Å². The Morgan fingerprint density at radius 2 is 1.65 bits per heavy atom. The molecule has 0 radical (unpaired) electrons. The molecule has 0 aliphatic heterocycles. The van der Waals surface area contributed by atoms with E-state index in [1.165, 1.54) is 0 Å². The molecule has 2 rings (SSSR count). The summed E-state index contributed by atoms with van der Waals surface area (Å²) in [7, 11) is 0. The summed E-state index contributed by atoms with van der Waals surface area (Å²) in [4.78, 5) is 27.1. The summed E-state index contributed by atoms with van der Waals surface area (Å²) in [5.41, 5.74) is 1.81. The van der Waals surface area contributed by atoms with Crippen LogP contribution in [0.15, 0.2) is 54.6 Å². The number of carbonyl (C=O) groups excluding carboxylic acids is 2. The molecule has 0 aliphatic rings. The molecule has 138 valence electrons. The predicted molar refractivity (Wildman–Crippen MR) is 105 cm³/mol. The van der Waals surface area contributed by atoms with E-state index in [2.05, 4.69) is 5.32 Å². The Kier molecular flexibility index (Phi) is 7.22. The number of benzene rings is 2. The fourth-order valence-corrected chi connectivity index (χ4v) is 2.90. The van der Waals surface area contributed by atoms with Crippen LogP contribution in [-0.2, 0) is 22.6 Å². The number of nitrogens with one attached hydrogen (secondary N) is 1. The van der Waals surface area contributed by atoms with E-state index in [1.54, 1.807) is 24.0 Å². The molecule has 0 aromatic heterocycles. The van der Waals surface area contributed by atoms with Gasteiger partial charge in [0, 0.05) is 17.6 Å². The van der Waals surface area contributed by atoms with E-state index in [9.17, 15) is 9.59 Å². The van der Waals surface area contributed by atoms with Crippen molar-refractivity contribution in [1.29, 1.82) is 0 Å². The smallest absolute Gasteiger partial charge is 0.242 e. The Morgan fingerprint density at radius 1 is 1.00 bits per heavy atom. The van der Waals surface area contributed by atoms with Gasteiger partial charge in [-0.25, -0.2) is 0 Å². The van der Waals surface area contributed by atoms with Gasteiger partial charge in [0.05, 0.1) is 6.42 Å². The van der Waals surface area contributed by atoms with Crippen molar-refractivity contribution >= 4 is 23.4 Å². The molecule has 1 N–H and O–H groups in total. The minimum Gasteiger partial charge on any atom is -0.352 e. The second kappa shape index (κ2) is 9.39. The highest BCUT2D eigenvalue weighted by Gasteiger charge is 2.26. The van der Waals surface area contributed by atoms with Gasteiger partial charge in [-0.1, -0.05) is 54.1 Å². The first-order valence-corrected chi connectivity index (χ1v) is 9.13. The van der Waals surface area contributed by atoms with Crippen molar-refractivity contribution in [2.75, 3.05) is 0 Å². The van der Waals surface area contributed by atoms with E-state index in [0.717, 1.165) is 11.1 Å². The average Bonchev–Trinajstić information content (AvgIpc) is 2.59. The zero-order chi connectivity index (χ0) is 19.1. The molecule has 5 heteroatoms. The van der Waals surface area contributed by atoms with Crippen LogP contribution in [0.3, 0.4) is 0 Å². The van der Waals surface area contributed by atoms with Gasteiger partial charge in [-0.05, 0) is 44.0 Å². The minimum absolute atomic E-state index is 0.0200. The maximum Gasteiger partial charge on any atom is 0.242 e. The summed E-state index contributed by atoms with van der Waals surface area (Å²) < 4.78 is 0. The SMILES string of the molecule is CC(C)NC(=O)[C@H](C)N(Cc1ccccc1)C(=O)Cc1cccc(Cl)c1. The minimum atomic E-state index is -0.565. The van der Waals surface area contributed by atoms with E-state index in [4.69, 9.17) is 11.6 Å². The lowest BCUT2D eigenvalue weighted by Gasteiger charge is -2.29. The van der Waals surface area contributed by atoms with Crippen molar-refractivity contribution in [2.45, 2.75) is 45.8 Å². The van der Waals surface area contributed by atoms with Gasteiger partial charge in [0.1, 0.15) is 6.04 Å². The maximum absolute atomic E-state index is 13.0. The van der Waals surface area contributed by atoms with Gasteiger partial charge in [0.15, 0.2) is 0 Å². The highest BCUT2D eigenvalue weighted by molar-refractivity contribution is 6.30. The molecule has 0 unspecified atom stereocenters. The van der Waals surface area contributed by atoms with Gasteiger partial charge in [-0.3, -0.25) is 9.59 Å². The van der Waals surface area contributed by atoms with Crippen molar-refractivity contribution in [3.05, 3.63) is 70.7 Å². The fraction of sp³-hybridized carbons (Fsp3) is 0.333. The Balaban J connectivity index is 2.20. The van der Waals surface area contributed by atoms with Crippen LogP contribution in [0.25, 0.3) is 0 Å². The molecule has 0 fully saturated rings. The van der Waals surface area contributed by atoms with E-state index < -0.39 is 6.04 Å². The first-order valence-electron chi connectivity index (χ1n) is 8.75. The second-order valence-corrected chi connectivity index (χ2v) is 7.09. The number of hydrogen-bond donors (Lipinski definition) is 1. The van der Waals surface area contributed by atoms with Gasteiger partial charge in [0.2, 0.25) is 11.8 Å². The molecule has 0 aliphatic carbocycles. The van der Waals surface area contributed by atoms with Gasteiger partial charge >= 0.3 is 0 Å². The summed E-state index contributed by atoms with van der Waals surface area (Å²) in [5.74, 6) is -0.266. The van der Waals surface area contributed by atoms with Crippen LogP contribution in [0, 0.1) is 0 Å². The molecule has 26 heavy (non-hydrogen) atoms. The number of hydrogen-bond acceptors (Lipinski definition) is 2. The number of halogens is 1. The van der Waals surface area contributed by atoms with E-state index in [1.807, 2.05) is 56.3 Å². The third-order valence-corrected chi connectivity index (χ3v) is 4.27. The number of rotatable bonds is 7. The number of nitrogens with zero attached hydrogens (tertiary/aromatic N) is 1. The highest BCUT2D eigenvalue weighted by Crippen LogP contribution is 2.15. The summed E-state index contributed by atoms with van der Waals surface area (Å²) in [6, 6.07) is 16.4. The molecule has 0 spiro atoms. The molecule has 2 amide bonds. The third-order valence-electron chi connectivity index (χ3n) is 4.04. The van der Waals surface area contributed by atoms with Crippen LogP contribution >= 0.6 is 11.6 Å². The monoisotopic (exact) mass is 372 g/mol. The largest absolute Gasteiger partial charge is 0.352 e. The van der Waals surface area contributed by atoms with Gasteiger partial charge in [-0.2, -0.15) is 0 Å². The van der Waals surface area contributed by atoms with Crippen LogP contribution in [0.2, 0.25) is 5.02 Å². The maximum atomic E-state index is 13.0. The summed E-state index contributed by atoms with van der Waals surface area (Å²) in [6.45, 7) is 5.95. The third kappa shape index (κ3) is 5.88. The molecule has 1 atom stereocenters. The Morgan fingerprint density at radius 3 is 2.27 bits per heavy atom. The van der Waals surface area contributed by atoms with Crippen molar-refractivity contribution in [3.8, 4) is 0 Å². The molecule has 0 saturated heterocycles. The second-order valence-electron chi connectivity index (χ2n) is 6.65. The molecular weight excluding hydrogens is 348 g/mol.